The zero-order valence-corrected chi connectivity index (χ0v) is 20.8. The second-order valence-corrected chi connectivity index (χ2v) is 10.8. The predicted octanol–water partition coefficient (Wildman–Crippen LogP) is 4.81. The maximum absolute atomic E-state index is 14.8. The van der Waals surface area contributed by atoms with Gasteiger partial charge in [-0.15, -0.1) is 0 Å². The number of carbonyl (C=O) groups excluding carboxylic acids is 1. The van der Waals surface area contributed by atoms with Gasteiger partial charge in [-0.1, -0.05) is 6.07 Å². The minimum absolute atomic E-state index is 0.107. The minimum Gasteiger partial charge on any atom is -0.472 e. The van der Waals surface area contributed by atoms with Crippen molar-refractivity contribution < 1.29 is 23.0 Å². The van der Waals surface area contributed by atoms with Crippen LogP contribution < -0.4 is 10.1 Å². The van der Waals surface area contributed by atoms with E-state index in [9.17, 15) is 13.6 Å². The fourth-order valence-electron chi connectivity index (χ4n) is 5.52. The highest BCUT2D eigenvalue weighted by Gasteiger charge is 2.60. The molecule has 3 aromatic rings. The van der Waals surface area contributed by atoms with Crippen LogP contribution in [0.15, 0.2) is 42.7 Å². The molecule has 0 spiro atoms. The van der Waals surface area contributed by atoms with Crippen molar-refractivity contribution in [3.05, 3.63) is 48.3 Å². The number of hydrogen-bond acceptors (Lipinski definition) is 7. The summed E-state index contributed by atoms with van der Waals surface area (Å²) in [5.74, 6) is -1.92. The van der Waals surface area contributed by atoms with Crippen molar-refractivity contribution in [2.45, 2.75) is 76.3 Å². The molecule has 194 valence electrons. The number of nitrogens with one attached hydrogen (secondary N) is 1. The van der Waals surface area contributed by atoms with Gasteiger partial charge in [-0.3, -0.25) is 4.90 Å². The number of piperidine rings is 1. The highest BCUT2D eigenvalue weighted by molar-refractivity contribution is 5.75. The Morgan fingerprint density at radius 3 is 2.62 bits per heavy atom. The zero-order valence-electron chi connectivity index (χ0n) is 20.8. The molecule has 2 bridgehead atoms. The predicted molar refractivity (Wildman–Crippen MR) is 131 cm³/mol. The van der Waals surface area contributed by atoms with Crippen LogP contribution in [0, 0.1) is 0 Å². The van der Waals surface area contributed by atoms with E-state index in [0.717, 1.165) is 22.4 Å². The van der Waals surface area contributed by atoms with Crippen LogP contribution in [0.2, 0.25) is 0 Å². The average molecular weight is 511 g/mol. The lowest BCUT2D eigenvalue weighted by atomic mass is 9.96. The van der Waals surface area contributed by atoms with Crippen molar-refractivity contribution in [1.82, 2.24) is 24.9 Å². The molecule has 9 nitrogen and oxygen atoms in total. The number of nitrogens with zero attached hydrogens (tertiary/aromatic N) is 5. The van der Waals surface area contributed by atoms with Gasteiger partial charge in [0.1, 0.15) is 24.1 Å². The number of anilines is 1. The quantitative estimate of drug-likeness (QED) is 0.540. The molecule has 0 saturated carbocycles. The maximum atomic E-state index is 14.8. The third-order valence-corrected chi connectivity index (χ3v) is 7.00. The van der Waals surface area contributed by atoms with E-state index in [1.807, 2.05) is 30.3 Å². The maximum Gasteiger partial charge on any atom is 0.411 e. The second kappa shape index (κ2) is 8.39. The molecule has 3 atom stereocenters. The number of alkyl halides is 2. The topological polar surface area (TPSA) is 94.4 Å². The summed E-state index contributed by atoms with van der Waals surface area (Å²) in [5.41, 5.74) is 2.96. The number of benzene rings is 1. The lowest BCUT2D eigenvalue weighted by molar-refractivity contribution is -0.0483. The number of rotatable bonds is 3. The number of aromatic nitrogens is 4. The van der Waals surface area contributed by atoms with Gasteiger partial charge < -0.3 is 14.8 Å². The first-order valence-corrected chi connectivity index (χ1v) is 12.4. The van der Waals surface area contributed by atoms with Crippen molar-refractivity contribution in [2.75, 3.05) is 5.32 Å². The largest absolute Gasteiger partial charge is 0.472 e. The molecule has 3 aliphatic heterocycles. The highest BCUT2D eigenvalue weighted by atomic mass is 19.3. The van der Waals surface area contributed by atoms with E-state index in [0.29, 0.717) is 24.7 Å². The average Bonchev–Trinajstić information content (AvgIpc) is 3.41. The second-order valence-electron chi connectivity index (χ2n) is 10.8. The number of amides is 1. The van der Waals surface area contributed by atoms with Crippen LogP contribution in [0.5, 0.6) is 5.88 Å². The Morgan fingerprint density at radius 1 is 1.14 bits per heavy atom. The number of halogens is 2. The van der Waals surface area contributed by atoms with Crippen LogP contribution in [0.1, 0.15) is 45.6 Å². The number of pyridine rings is 1. The molecule has 0 radical (unpaired) electrons. The standard InChI is InChI=1S/C26H28F2N6O3/c1-25(2,3)37-24(35)33-18-11-16(12-21(33)26(27,28)13-18)31-22-7-6-20-19-5-4-17(34-29-8-9-30-34)10-15(19)14-36-23(20)32-22/h4-10,16,18,21H,11-14H2,1-3H3,(H,31,32). The van der Waals surface area contributed by atoms with E-state index < -0.39 is 29.7 Å². The molecular formula is C26H28F2N6O3. The van der Waals surface area contributed by atoms with Crippen LogP contribution in [0.3, 0.4) is 0 Å². The Bertz CT molecular complexity index is 1340. The van der Waals surface area contributed by atoms with Gasteiger partial charge in [-0.25, -0.2) is 13.6 Å². The van der Waals surface area contributed by atoms with Crippen molar-refractivity contribution in [3.8, 4) is 22.7 Å². The fourth-order valence-corrected chi connectivity index (χ4v) is 5.52. The molecule has 2 saturated heterocycles. The van der Waals surface area contributed by atoms with Gasteiger partial charge in [0.15, 0.2) is 0 Å². The van der Waals surface area contributed by atoms with Gasteiger partial charge in [0.05, 0.1) is 18.1 Å². The van der Waals surface area contributed by atoms with Crippen LogP contribution in [-0.2, 0) is 11.3 Å². The summed E-state index contributed by atoms with van der Waals surface area (Å²) >= 11 is 0. The summed E-state index contributed by atoms with van der Waals surface area (Å²) in [5, 5.41) is 11.6. The van der Waals surface area contributed by atoms with Crippen LogP contribution in [-0.4, -0.2) is 60.6 Å². The van der Waals surface area contributed by atoms with E-state index in [1.165, 1.54) is 4.90 Å². The monoisotopic (exact) mass is 510 g/mol. The molecule has 3 unspecified atom stereocenters. The third-order valence-electron chi connectivity index (χ3n) is 7.00. The lowest BCUT2D eigenvalue weighted by Gasteiger charge is -2.39. The Balaban J connectivity index is 1.19. The molecule has 1 N–H and O–H groups in total. The van der Waals surface area contributed by atoms with Crippen LogP contribution in [0.4, 0.5) is 19.4 Å². The number of ether oxygens (including phenoxy) is 2. The van der Waals surface area contributed by atoms with Crippen molar-refractivity contribution in [2.24, 2.45) is 0 Å². The molecule has 11 heteroatoms. The summed E-state index contributed by atoms with van der Waals surface area (Å²) < 4.78 is 41.0. The zero-order chi connectivity index (χ0) is 25.9. The van der Waals surface area contributed by atoms with E-state index in [-0.39, 0.29) is 18.9 Å². The Hall–Kier alpha value is -3.76. The Kier molecular flexibility index (Phi) is 5.36. The fraction of sp³-hybridized carbons (Fsp3) is 0.462. The van der Waals surface area contributed by atoms with Gasteiger partial charge in [0.25, 0.3) is 5.92 Å². The summed E-state index contributed by atoms with van der Waals surface area (Å²) in [6.45, 7) is 5.55. The normalized spacial score (nSPS) is 23.6. The molecular weight excluding hydrogens is 482 g/mol. The van der Waals surface area contributed by atoms with Gasteiger partial charge in [-0.2, -0.15) is 20.0 Å². The minimum atomic E-state index is -2.96. The third kappa shape index (κ3) is 4.36. The number of carbonyl (C=O) groups is 1. The van der Waals surface area contributed by atoms with Crippen molar-refractivity contribution in [3.63, 3.8) is 0 Å². The summed E-state index contributed by atoms with van der Waals surface area (Å²) in [4.78, 5) is 20.1. The van der Waals surface area contributed by atoms with E-state index in [4.69, 9.17) is 9.47 Å². The number of fused-ring (bicyclic) bond motifs is 5. The molecule has 3 aliphatic rings. The van der Waals surface area contributed by atoms with Gasteiger partial charge in [0.2, 0.25) is 5.88 Å². The molecule has 6 rings (SSSR count). The smallest absolute Gasteiger partial charge is 0.411 e. The van der Waals surface area contributed by atoms with Gasteiger partial charge in [-0.05, 0) is 69.0 Å². The molecule has 1 aromatic carbocycles. The number of hydrogen-bond donors (Lipinski definition) is 1. The summed E-state index contributed by atoms with van der Waals surface area (Å²) in [6, 6.07) is 7.61. The van der Waals surface area contributed by atoms with E-state index >= 15 is 0 Å². The first-order chi connectivity index (χ1) is 17.6. The summed E-state index contributed by atoms with van der Waals surface area (Å²) in [6.07, 6.45) is 2.70. The Morgan fingerprint density at radius 2 is 1.89 bits per heavy atom. The molecule has 2 fully saturated rings. The molecule has 1 amide bonds. The van der Waals surface area contributed by atoms with Crippen LogP contribution >= 0.6 is 0 Å². The van der Waals surface area contributed by atoms with Crippen LogP contribution in [0.25, 0.3) is 16.8 Å². The molecule has 5 heterocycles. The van der Waals surface area contributed by atoms with Gasteiger partial charge >= 0.3 is 6.09 Å². The van der Waals surface area contributed by atoms with E-state index in [1.54, 1.807) is 38.0 Å². The van der Waals surface area contributed by atoms with Gasteiger partial charge in [0, 0.05) is 24.1 Å². The highest BCUT2D eigenvalue weighted by Crippen LogP contribution is 2.47. The van der Waals surface area contributed by atoms with Crippen molar-refractivity contribution >= 4 is 11.9 Å². The Labute approximate surface area is 212 Å². The first kappa shape index (κ1) is 23.6. The van der Waals surface area contributed by atoms with E-state index in [2.05, 4.69) is 20.5 Å². The molecule has 2 aromatic heterocycles. The molecule has 37 heavy (non-hydrogen) atoms. The lowest BCUT2D eigenvalue weighted by Crippen LogP contribution is -2.53. The summed E-state index contributed by atoms with van der Waals surface area (Å²) in [7, 11) is 0. The van der Waals surface area contributed by atoms with Crippen molar-refractivity contribution in [1.29, 1.82) is 0 Å². The first-order valence-electron chi connectivity index (χ1n) is 12.4. The molecule has 0 aliphatic carbocycles. The SMILES string of the molecule is CC(C)(C)OC(=O)N1C2CC(Nc3ccc4c(n3)OCc3cc(-n5nccn5)ccc3-4)CC1C(F)(F)C2.